The Labute approximate surface area is 232 Å². The smallest absolute Gasteiger partial charge is 0.334 e. The van der Waals surface area contributed by atoms with Gasteiger partial charge in [-0.2, -0.15) is 21.6 Å². The molecule has 4 rings (SSSR count). The molecule has 3 N–H and O–H groups in total. The number of hydrogen-bond acceptors (Lipinski definition) is 6. The maximum atomic E-state index is 13.8. The lowest BCUT2D eigenvalue weighted by molar-refractivity contribution is -0.160. The number of sulfonamides is 2. The van der Waals surface area contributed by atoms with Crippen molar-refractivity contribution in [2.24, 2.45) is 5.92 Å². The molecule has 1 saturated carbocycles. The highest BCUT2D eigenvalue weighted by Crippen LogP contribution is 2.33. The highest BCUT2D eigenvalue weighted by Gasteiger charge is 2.40. The van der Waals surface area contributed by atoms with Gasteiger partial charge in [0.15, 0.2) is 5.03 Å². The standard InChI is InChI=1S/C26H32F3N5O4S2/c1-34(40(37,38)25-17-30-18-32-25)21-11-13-22(14-12-21)39(35,36)33-23-10-6-5-9-20(23)16-31-24(26(27,28)29)15-19-7-3-2-4-8-19/h5-6,9-14,17-19,24,31,33H,2-4,7-8,15-16H2,1H3,(H,30,32). The molecule has 0 saturated heterocycles. The zero-order valence-corrected chi connectivity index (χ0v) is 23.5. The highest BCUT2D eigenvalue weighted by atomic mass is 32.2. The van der Waals surface area contributed by atoms with Gasteiger partial charge in [-0.05, 0) is 48.2 Å². The monoisotopic (exact) mass is 599 g/mol. The van der Waals surface area contributed by atoms with Crippen LogP contribution in [0.15, 0.2) is 71.0 Å². The normalized spacial score (nSPS) is 16.0. The zero-order valence-electron chi connectivity index (χ0n) is 21.9. The molecule has 1 heterocycles. The first-order valence-corrected chi connectivity index (χ1v) is 15.8. The zero-order chi connectivity index (χ0) is 29.0. The molecule has 1 aromatic heterocycles. The van der Waals surface area contributed by atoms with E-state index < -0.39 is 32.3 Å². The van der Waals surface area contributed by atoms with Gasteiger partial charge in [-0.3, -0.25) is 9.03 Å². The van der Waals surface area contributed by atoms with Crippen LogP contribution in [0.4, 0.5) is 24.5 Å². The number of aromatic amines is 1. The molecule has 218 valence electrons. The van der Waals surface area contributed by atoms with Crippen LogP contribution in [-0.2, 0) is 26.6 Å². The molecule has 0 radical (unpaired) electrons. The summed E-state index contributed by atoms with van der Waals surface area (Å²) in [5.41, 5.74) is 0.733. The number of nitrogens with zero attached hydrogens (tertiary/aromatic N) is 2. The molecule has 3 aromatic rings. The van der Waals surface area contributed by atoms with Gasteiger partial charge in [-0.15, -0.1) is 0 Å². The predicted octanol–water partition coefficient (Wildman–Crippen LogP) is 5.03. The van der Waals surface area contributed by atoms with Crippen LogP contribution in [0.3, 0.4) is 0 Å². The molecule has 1 aliphatic carbocycles. The second-order valence-corrected chi connectivity index (χ2v) is 13.5. The highest BCUT2D eigenvalue weighted by molar-refractivity contribution is 7.93. The number of nitrogens with one attached hydrogen (secondary N) is 3. The Morgan fingerprint density at radius 2 is 1.70 bits per heavy atom. The summed E-state index contributed by atoms with van der Waals surface area (Å²) in [6.07, 6.45) is 2.47. The lowest BCUT2D eigenvalue weighted by Gasteiger charge is -2.29. The Kier molecular flexibility index (Phi) is 9.10. The van der Waals surface area contributed by atoms with Crippen molar-refractivity contribution in [2.75, 3.05) is 16.1 Å². The number of alkyl halides is 3. The van der Waals surface area contributed by atoms with E-state index in [9.17, 15) is 30.0 Å². The number of rotatable bonds is 11. The van der Waals surface area contributed by atoms with E-state index in [1.54, 1.807) is 18.2 Å². The van der Waals surface area contributed by atoms with Crippen molar-refractivity contribution in [3.8, 4) is 0 Å². The van der Waals surface area contributed by atoms with E-state index in [0.717, 1.165) is 42.6 Å². The van der Waals surface area contributed by atoms with Crippen LogP contribution in [0.25, 0.3) is 0 Å². The van der Waals surface area contributed by atoms with Gasteiger partial charge in [0.05, 0.1) is 28.8 Å². The molecule has 1 unspecified atom stereocenters. The van der Waals surface area contributed by atoms with Crippen LogP contribution in [0.1, 0.15) is 44.1 Å². The summed E-state index contributed by atoms with van der Waals surface area (Å²) in [7, 11) is -6.73. The van der Waals surface area contributed by atoms with E-state index in [-0.39, 0.29) is 40.2 Å². The fourth-order valence-electron chi connectivity index (χ4n) is 4.81. The molecule has 1 fully saturated rings. The van der Waals surface area contributed by atoms with Gasteiger partial charge in [0.25, 0.3) is 20.0 Å². The topological polar surface area (TPSA) is 124 Å². The van der Waals surface area contributed by atoms with Crippen LogP contribution >= 0.6 is 0 Å². The quantitative estimate of drug-likeness (QED) is 0.284. The lowest BCUT2D eigenvalue weighted by atomic mass is 9.84. The van der Waals surface area contributed by atoms with Crippen molar-refractivity contribution in [3.05, 3.63) is 66.6 Å². The fourth-order valence-corrected chi connectivity index (χ4v) is 7.00. The van der Waals surface area contributed by atoms with Crippen molar-refractivity contribution in [1.29, 1.82) is 0 Å². The minimum absolute atomic E-state index is 0.00567. The number of hydrogen-bond donors (Lipinski definition) is 3. The Hall–Kier alpha value is -3.10. The van der Waals surface area contributed by atoms with Gasteiger partial charge in [-0.1, -0.05) is 50.3 Å². The third kappa shape index (κ3) is 7.15. The van der Waals surface area contributed by atoms with Gasteiger partial charge in [0.2, 0.25) is 0 Å². The van der Waals surface area contributed by atoms with Crippen LogP contribution in [-0.4, -0.2) is 46.1 Å². The average molecular weight is 600 g/mol. The van der Waals surface area contributed by atoms with E-state index in [2.05, 4.69) is 20.0 Å². The summed E-state index contributed by atoms with van der Waals surface area (Å²) in [6, 6.07) is 9.76. The minimum Gasteiger partial charge on any atom is -0.334 e. The SMILES string of the molecule is CN(c1ccc(S(=O)(=O)Nc2ccccc2CNC(CC2CCCCC2)C(F)(F)F)cc1)S(=O)(=O)c1cnc[nH]1. The first-order valence-electron chi connectivity index (χ1n) is 12.9. The van der Waals surface area contributed by atoms with E-state index in [1.165, 1.54) is 43.7 Å². The van der Waals surface area contributed by atoms with Crippen molar-refractivity contribution in [2.45, 2.75) is 67.2 Å². The van der Waals surface area contributed by atoms with Crippen molar-refractivity contribution < 1.29 is 30.0 Å². The molecule has 2 aromatic carbocycles. The van der Waals surface area contributed by atoms with Crippen LogP contribution in [0.5, 0.6) is 0 Å². The van der Waals surface area contributed by atoms with Crippen molar-refractivity contribution in [1.82, 2.24) is 15.3 Å². The molecule has 1 atom stereocenters. The number of halogens is 3. The molecule has 14 heteroatoms. The summed E-state index contributed by atoms with van der Waals surface area (Å²) in [5, 5.41) is 2.49. The molecule has 0 aliphatic heterocycles. The van der Waals surface area contributed by atoms with E-state index in [1.807, 2.05) is 0 Å². The number of imidazole rings is 1. The summed E-state index contributed by atoms with van der Waals surface area (Å²) in [6.45, 7) is -0.176. The summed E-state index contributed by atoms with van der Waals surface area (Å²) >= 11 is 0. The molecule has 0 spiro atoms. The number of H-pyrrole nitrogens is 1. The lowest BCUT2D eigenvalue weighted by Crippen LogP contribution is -2.43. The Morgan fingerprint density at radius 3 is 2.33 bits per heavy atom. The Morgan fingerprint density at radius 1 is 1.02 bits per heavy atom. The molecule has 1 aliphatic rings. The Balaban J connectivity index is 1.46. The maximum Gasteiger partial charge on any atom is 0.403 e. The first-order chi connectivity index (χ1) is 18.9. The summed E-state index contributed by atoms with van der Waals surface area (Å²) in [5.74, 6) is 0.0121. The summed E-state index contributed by atoms with van der Waals surface area (Å²) < 4.78 is 96.4. The van der Waals surface area contributed by atoms with Crippen LogP contribution in [0, 0.1) is 5.92 Å². The van der Waals surface area contributed by atoms with Gasteiger partial charge >= 0.3 is 6.18 Å². The van der Waals surface area contributed by atoms with Crippen molar-refractivity contribution in [3.63, 3.8) is 0 Å². The van der Waals surface area contributed by atoms with Crippen molar-refractivity contribution >= 4 is 31.4 Å². The molecule has 40 heavy (non-hydrogen) atoms. The van der Waals surface area contributed by atoms with Crippen LogP contribution < -0.4 is 14.3 Å². The van der Waals surface area contributed by atoms with Gasteiger partial charge in [0.1, 0.15) is 6.04 Å². The van der Waals surface area contributed by atoms with Gasteiger partial charge < -0.3 is 10.3 Å². The third-order valence-corrected chi connectivity index (χ3v) is 10.2. The van der Waals surface area contributed by atoms with Crippen LogP contribution in [0.2, 0.25) is 0 Å². The minimum atomic E-state index is -4.42. The molecular formula is C26H32F3N5O4S2. The fraction of sp³-hybridized carbons (Fsp3) is 0.423. The van der Waals surface area contributed by atoms with E-state index in [0.29, 0.717) is 5.56 Å². The predicted molar refractivity (Wildman–Crippen MR) is 146 cm³/mol. The average Bonchev–Trinajstić information content (AvgIpc) is 3.47. The van der Waals surface area contributed by atoms with E-state index >= 15 is 0 Å². The molecular weight excluding hydrogens is 567 g/mol. The maximum absolute atomic E-state index is 13.8. The first kappa shape index (κ1) is 29.9. The molecule has 0 amide bonds. The number of para-hydroxylation sites is 1. The Bertz CT molecular complexity index is 1470. The molecule has 9 nitrogen and oxygen atoms in total. The number of anilines is 2. The second kappa shape index (κ2) is 12.2. The number of benzene rings is 2. The van der Waals surface area contributed by atoms with Gasteiger partial charge in [-0.25, -0.2) is 13.4 Å². The van der Waals surface area contributed by atoms with Gasteiger partial charge in [0, 0.05) is 13.6 Å². The largest absolute Gasteiger partial charge is 0.403 e. The second-order valence-electron chi connectivity index (χ2n) is 9.86. The molecule has 0 bridgehead atoms. The third-order valence-electron chi connectivity index (χ3n) is 7.11. The summed E-state index contributed by atoms with van der Waals surface area (Å²) in [4.78, 5) is 6.10. The van der Waals surface area contributed by atoms with E-state index in [4.69, 9.17) is 0 Å². The number of aromatic nitrogens is 2.